The maximum absolute atomic E-state index is 6.22. The molecule has 0 fully saturated rings. The predicted octanol–water partition coefficient (Wildman–Crippen LogP) is 5.12. The quantitative estimate of drug-likeness (QED) is 0.605. The fourth-order valence-electron chi connectivity index (χ4n) is 2.25. The van der Waals surface area contributed by atoms with E-state index in [9.17, 15) is 0 Å². The Morgan fingerprint density at radius 1 is 0.875 bits per heavy atom. The number of nitrogens with zero attached hydrogens (tertiary/aromatic N) is 2. The molecule has 1 heterocycles. The average molecular weight is 361 g/mol. The lowest BCUT2D eigenvalue weighted by atomic mass is 10.2. The van der Waals surface area contributed by atoms with Crippen molar-refractivity contribution in [3.05, 3.63) is 58.0 Å². The van der Waals surface area contributed by atoms with Gasteiger partial charge in [-0.15, -0.1) is 0 Å². The molecule has 122 valence electrons. The van der Waals surface area contributed by atoms with Crippen LogP contribution in [0.3, 0.4) is 0 Å². The molecule has 3 aromatic rings. The molecule has 0 atom stereocenters. The minimum absolute atomic E-state index is 0.388. The molecule has 1 aromatic heterocycles. The van der Waals surface area contributed by atoms with E-state index < -0.39 is 0 Å². The Morgan fingerprint density at radius 3 is 2.25 bits per heavy atom. The Morgan fingerprint density at radius 2 is 1.58 bits per heavy atom. The number of halogens is 2. The topological polar surface area (TPSA) is 44.2 Å². The minimum atomic E-state index is 0.388. The van der Waals surface area contributed by atoms with Crippen LogP contribution in [-0.4, -0.2) is 24.2 Å². The molecule has 0 amide bonds. The maximum atomic E-state index is 6.22. The Hall–Kier alpha value is -2.30. The summed E-state index contributed by atoms with van der Waals surface area (Å²) in [5, 5.41) is 1.76. The number of aromatic nitrogens is 2. The number of rotatable bonds is 4. The Labute approximate surface area is 149 Å². The van der Waals surface area contributed by atoms with E-state index in [2.05, 4.69) is 9.97 Å². The van der Waals surface area contributed by atoms with E-state index in [1.54, 1.807) is 38.5 Å². The number of benzene rings is 2. The number of hydrogen-bond acceptors (Lipinski definition) is 4. The molecule has 0 unspecified atom stereocenters. The zero-order chi connectivity index (χ0) is 17.1. The van der Waals surface area contributed by atoms with E-state index in [1.807, 2.05) is 24.3 Å². The maximum Gasteiger partial charge on any atom is 0.154 e. The number of methoxy groups -OCH3 is 2. The van der Waals surface area contributed by atoms with Crippen molar-refractivity contribution in [3.63, 3.8) is 0 Å². The first-order valence-electron chi connectivity index (χ1n) is 7.13. The molecule has 24 heavy (non-hydrogen) atoms. The van der Waals surface area contributed by atoms with Crippen LogP contribution in [-0.2, 0) is 0 Å². The van der Waals surface area contributed by atoms with Crippen molar-refractivity contribution in [2.24, 2.45) is 0 Å². The zero-order valence-electron chi connectivity index (χ0n) is 13.1. The summed E-state index contributed by atoms with van der Waals surface area (Å²) in [6.45, 7) is 0. The van der Waals surface area contributed by atoms with Crippen molar-refractivity contribution >= 4 is 46.3 Å². The number of hydrogen-bond donors (Lipinski definition) is 0. The van der Waals surface area contributed by atoms with Gasteiger partial charge in [0.15, 0.2) is 5.82 Å². The van der Waals surface area contributed by atoms with Crippen LogP contribution in [0.1, 0.15) is 11.4 Å². The van der Waals surface area contributed by atoms with Crippen LogP contribution in [0, 0.1) is 0 Å². The Balaban J connectivity index is 1.98. The number of ether oxygens (including phenoxy) is 2. The first-order chi connectivity index (χ1) is 11.6. The minimum Gasteiger partial charge on any atom is -0.497 e. The standard InChI is InChI=1S/C18H14Cl2N2O2/c1-23-13-7-11(8-14(10-13)24-2)3-6-17-21-16-9-12(19)4-5-15(16)18(20)22-17/h3-10H,1-2H3/b6-3+. The van der Waals surface area contributed by atoms with Crippen molar-refractivity contribution in [1.82, 2.24) is 9.97 Å². The van der Waals surface area contributed by atoms with Gasteiger partial charge < -0.3 is 9.47 Å². The van der Waals surface area contributed by atoms with Gasteiger partial charge in [-0.3, -0.25) is 0 Å². The van der Waals surface area contributed by atoms with Crippen LogP contribution in [0.5, 0.6) is 11.5 Å². The third kappa shape index (κ3) is 3.61. The molecule has 0 spiro atoms. The monoisotopic (exact) mass is 360 g/mol. The molecule has 0 aliphatic carbocycles. The van der Waals surface area contributed by atoms with Gasteiger partial charge in [0.05, 0.1) is 19.7 Å². The van der Waals surface area contributed by atoms with E-state index in [0.717, 1.165) is 10.9 Å². The highest BCUT2D eigenvalue weighted by Crippen LogP contribution is 2.25. The van der Waals surface area contributed by atoms with E-state index in [4.69, 9.17) is 32.7 Å². The lowest BCUT2D eigenvalue weighted by molar-refractivity contribution is 0.394. The lowest BCUT2D eigenvalue weighted by Gasteiger charge is -2.06. The summed E-state index contributed by atoms with van der Waals surface area (Å²) in [6.07, 6.45) is 3.65. The molecule has 0 saturated carbocycles. The molecule has 0 radical (unpaired) electrons. The highest BCUT2D eigenvalue weighted by Gasteiger charge is 2.05. The first-order valence-corrected chi connectivity index (χ1v) is 7.88. The smallest absolute Gasteiger partial charge is 0.154 e. The SMILES string of the molecule is COc1cc(/C=C/c2nc(Cl)c3ccc(Cl)cc3n2)cc(OC)c1. The van der Waals surface area contributed by atoms with E-state index in [0.29, 0.717) is 33.0 Å². The molecule has 0 bridgehead atoms. The average Bonchev–Trinajstić information content (AvgIpc) is 2.59. The van der Waals surface area contributed by atoms with Crippen LogP contribution in [0.2, 0.25) is 10.2 Å². The molecule has 0 aliphatic heterocycles. The normalized spacial score (nSPS) is 11.2. The van der Waals surface area contributed by atoms with Crippen LogP contribution in [0.15, 0.2) is 36.4 Å². The zero-order valence-corrected chi connectivity index (χ0v) is 14.6. The molecule has 6 heteroatoms. The van der Waals surface area contributed by atoms with Crippen molar-refractivity contribution in [1.29, 1.82) is 0 Å². The number of fused-ring (bicyclic) bond motifs is 1. The van der Waals surface area contributed by atoms with Crippen molar-refractivity contribution in [2.45, 2.75) is 0 Å². The molecule has 0 aliphatic rings. The van der Waals surface area contributed by atoms with Gasteiger partial charge in [-0.1, -0.05) is 29.3 Å². The predicted molar refractivity (Wildman–Crippen MR) is 98.0 cm³/mol. The Bertz CT molecular complexity index is 904. The largest absolute Gasteiger partial charge is 0.497 e. The van der Waals surface area contributed by atoms with Crippen molar-refractivity contribution < 1.29 is 9.47 Å². The lowest BCUT2D eigenvalue weighted by Crippen LogP contribution is -1.91. The molecular formula is C18H14Cl2N2O2. The summed E-state index contributed by atoms with van der Waals surface area (Å²) < 4.78 is 10.5. The van der Waals surface area contributed by atoms with E-state index >= 15 is 0 Å². The highest BCUT2D eigenvalue weighted by molar-refractivity contribution is 6.35. The second kappa shape index (κ2) is 7.07. The van der Waals surface area contributed by atoms with Gasteiger partial charge >= 0.3 is 0 Å². The summed E-state index contributed by atoms with van der Waals surface area (Å²) in [7, 11) is 3.22. The van der Waals surface area contributed by atoms with Gasteiger partial charge in [0.2, 0.25) is 0 Å². The van der Waals surface area contributed by atoms with Gasteiger partial charge in [0.25, 0.3) is 0 Å². The van der Waals surface area contributed by atoms with E-state index in [1.165, 1.54) is 0 Å². The van der Waals surface area contributed by atoms with Crippen molar-refractivity contribution in [3.8, 4) is 11.5 Å². The van der Waals surface area contributed by atoms with Crippen LogP contribution >= 0.6 is 23.2 Å². The van der Waals surface area contributed by atoms with Gasteiger partial charge in [-0.05, 0) is 42.0 Å². The summed E-state index contributed by atoms with van der Waals surface area (Å²) in [6, 6.07) is 10.9. The second-order valence-corrected chi connectivity index (χ2v) is 5.81. The second-order valence-electron chi connectivity index (χ2n) is 5.01. The molecule has 3 rings (SSSR count). The molecular weight excluding hydrogens is 347 g/mol. The third-order valence-corrected chi connectivity index (χ3v) is 3.95. The Kier molecular flexibility index (Phi) is 4.88. The highest BCUT2D eigenvalue weighted by atomic mass is 35.5. The van der Waals surface area contributed by atoms with Crippen LogP contribution < -0.4 is 9.47 Å². The summed E-state index contributed by atoms with van der Waals surface area (Å²) in [4.78, 5) is 8.76. The fraction of sp³-hybridized carbons (Fsp3) is 0.111. The van der Waals surface area contributed by atoms with Gasteiger partial charge in [-0.25, -0.2) is 9.97 Å². The summed E-state index contributed by atoms with van der Waals surface area (Å²) >= 11 is 12.2. The first kappa shape index (κ1) is 16.6. The fourth-order valence-corrected chi connectivity index (χ4v) is 2.66. The molecule has 0 saturated heterocycles. The molecule has 2 aromatic carbocycles. The third-order valence-electron chi connectivity index (χ3n) is 3.43. The summed E-state index contributed by atoms with van der Waals surface area (Å²) in [5.74, 6) is 1.91. The van der Waals surface area contributed by atoms with E-state index in [-0.39, 0.29) is 0 Å². The summed E-state index contributed by atoms with van der Waals surface area (Å²) in [5.41, 5.74) is 1.60. The van der Waals surface area contributed by atoms with Crippen molar-refractivity contribution in [2.75, 3.05) is 14.2 Å². The van der Waals surface area contributed by atoms with Crippen LogP contribution in [0.4, 0.5) is 0 Å². The van der Waals surface area contributed by atoms with Gasteiger partial charge in [-0.2, -0.15) is 0 Å². The van der Waals surface area contributed by atoms with Gasteiger partial charge in [0, 0.05) is 16.5 Å². The molecule has 4 nitrogen and oxygen atoms in total. The van der Waals surface area contributed by atoms with Crippen LogP contribution in [0.25, 0.3) is 23.1 Å². The molecule has 0 N–H and O–H groups in total. The van der Waals surface area contributed by atoms with Gasteiger partial charge in [0.1, 0.15) is 16.7 Å².